The van der Waals surface area contributed by atoms with Crippen molar-refractivity contribution in [1.29, 1.82) is 5.26 Å². The maximum absolute atomic E-state index is 12.8. The van der Waals surface area contributed by atoms with Crippen LogP contribution in [0.3, 0.4) is 0 Å². The number of alkyl halides is 3. The lowest BCUT2D eigenvalue weighted by Crippen LogP contribution is -2.45. The number of hydrogen-bond acceptors (Lipinski definition) is 10. The number of ether oxygens (including phenoxy) is 3. The van der Waals surface area contributed by atoms with E-state index < -0.39 is 56.7 Å². The van der Waals surface area contributed by atoms with Gasteiger partial charge in [-0.2, -0.15) is 23.5 Å². The fourth-order valence-corrected chi connectivity index (χ4v) is 7.65. The summed E-state index contributed by atoms with van der Waals surface area (Å²) < 4.78 is 79.7. The van der Waals surface area contributed by atoms with Gasteiger partial charge in [-0.15, -0.1) is 0 Å². The van der Waals surface area contributed by atoms with Crippen molar-refractivity contribution in [3.05, 3.63) is 24.2 Å². The summed E-state index contributed by atoms with van der Waals surface area (Å²) >= 11 is 0. The lowest BCUT2D eigenvalue weighted by atomic mass is 9.96. The molecule has 0 aromatic carbocycles. The van der Waals surface area contributed by atoms with Gasteiger partial charge in [-0.1, -0.05) is 96.3 Å². The minimum atomic E-state index is -4.50. The van der Waals surface area contributed by atoms with E-state index in [-0.39, 0.29) is 18.8 Å². The number of nitrogens with two attached hydrogens (primary N) is 1. The zero-order valence-electron chi connectivity index (χ0n) is 30.0. The number of nitrogens with zero attached hydrogens (tertiary/aromatic N) is 4. The van der Waals surface area contributed by atoms with Crippen molar-refractivity contribution in [2.45, 2.75) is 165 Å². The number of nitrogen functional groups attached to an aromatic ring is 1. The highest BCUT2D eigenvalue weighted by molar-refractivity contribution is 7.47. The minimum absolute atomic E-state index is 0.0465. The number of aromatic nitrogens is 3. The second-order valence-corrected chi connectivity index (χ2v) is 15.7. The lowest BCUT2D eigenvalue weighted by molar-refractivity contribution is -0.204. The number of phosphoric ester groups is 1. The van der Waals surface area contributed by atoms with E-state index in [4.69, 9.17) is 29.0 Å². The number of phosphoric acid groups is 1. The SMILES string of the molecule is CC1(C)O[C@H]2[C@H](c3ccc4c(N)ncnn34)O[C@](C#N)(COP(=O)(O)OCCCCCCCCCCCCCCCCCCCC(F)(F)F)[C@H]2O1. The second-order valence-electron chi connectivity index (χ2n) is 14.2. The molecule has 51 heavy (non-hydrogen) atoms. The van der Waals surface area contributed by atoms with Crippen molar-refractivity contribution in [3.8, 4) is 6.07 Å². The maximum Gasteiger partial charge on any atom is 0.472 e. The van der Waals surface area contributed by atoms with Crippen LogP contribution in [0.5, 0.6) is 0 Å². The van der Waals surface area contributed by atoms with Gasteiger partial charge < -0.3 is 24.8 Å². The number of halogens is 3. The molecular weight excluding hydrogens is 690 g/mol. The molecule has 2 fully saturated rings. The topological polar surface area (TPSA) is 163 Å². The average Bonchev–Trinajstić information content (AvgIpc) is 3.73. The van der Waals surface area contributed by atoms with E-state index in [2.05, 4.69) is 16.2 Å². The predicted octanol–water partition coefficient (Wildman–Crippen LogP) is 8.88. The fourth-order valence-electron chi connectivity index (χ4n) is 6.86. The average molecular weight is 746 g/mol. The van der Waals surface area contributed by atoms with Crippen LogP contribution in [0.4, 0.5) is 19.0 Å². The molecule has 4 rings (SSSR count). The van der Waals surface area contributed by atoms with Crippen LogP contribution < -0.4 is 5.73 Å². The van der Waals surface area contributed by atoms with Crippen LogP contribution in [0.25, 0.3) is 5.52 Å². The van der Waals surface area contributed by atoms with Gasteiger partial charge in [0.2, 0.25) is 5.60 Å². The highest BCUT2D eigenvalue weighted by atomic mass is 31.2. The standard InChI is InChI=1S/C35H55F3N5O7P/c1-33(2)48-30-29(27-20-21-28-32(40)41-26-42-43(27)28)49-34(24-39,31(30)50-33)25-47-51(44,45)46-23-19-17-15-13-11-9-7-5-3-4-6-8-10-12-14-16-18-22-35(36,37)38/h20-21,26,29-31H,3-19,22-23,25H2,1-2H3,(H,44,45)(H2,40,41,42)/t29-,30-,31-,34+/m0/s1. The number of fused-ring (bicyclic) bond motifs is 2. The number of hydrogen-bond donors (Lipinski definition) is 2. The molecular formula is C35H55F3N5O7P. The van der Waals surface area contributed by atoms with Crippen LogP contribution in [-0.2, 0) is 27.8 Å². The third-order valence-corrected chi connectivity index (χ3v) is 10.5. The molecule has 4 heterocycles. The Labute approximate surface area is 299 Å². The van der Waals surface area contributed by atoms with Crippen molar-refractivity contribution in [2.75, 3.05) is 18.9 Å². The van der Waals surface area contributed by atoms with Gasteiger partial charge in [-0.25, -0.2) is 14.1 Å². The molecule has 0 bridgehead atoms. The van der Waals surface area contributed by atoms with Crippen LogP contribution in [-0.4, -0.2) is 62.5 Å². The molecule has 288 valence electrons. The van der Waals surface area contributed by atoms with Gasteiger partial charge in [0.25, 0.3) is 0 Å². The van der Waals surface area contributed by atoms with Crippen molar-refractivity contribution in [3.63, 3.8) is 0 Å². The molecule has 0 amide bonds. The van der Waals surface area contributed by atoms with E-state index in [1.807, 2.05) is 0 Å². The molecule has 1 unspecified atom stereocenters. The Morgan fingerprint density at radius 2 is 1.45 bits per heavy atom. The first kappa shape index (κ1) is 41.4. The number of unbranched alkanes of at least 4 members (excludes halogenated alkanes) is 16. The van der Waals surface area contributed by atoms with Crippen molar-refractivity contribution in [1.82, 2.24) is 14.6 Å². The van der Waals surface area contributed by atoms with Gasteiger partial charge in [0, 0.05) is 6.42 Å². The number of nitriles is 1. The monoisotopic (exact) mass is 745 g/mol. The first-order valence-corrected chi connectivity index (χ1v) is 20.0. The summed E-state index contributed by atoms with van der Waals surface area (Å²) in [4.78, 5) is 14.4. The Kier molecular flexibility index (Phi) is 15.6. The summed E-state index contributed by atoms with van der Waals surface area (Å²) in [5, 5.41) is 14.6. The summed E-state index contributed by atoms with van der Waals surface area (Å²) in [7, 11) is -4.50. The van der Waals surface area contributed by atoms with Crippen molar-refractivity contribution in [2.24, 2.45) is 0 Å². The minimum Gasteiger partial charge on any atom is -0.382 e. The van der Waals surface area contributed by atoms with Crippen LogP contribution in [0.2, 0.25) is 0 Å². The molecule has 2 aromatic rings. The largest absolute Gasteiger partial charge is 0.472 e. The molecule has 0 spiro atoms. The van der Waals surface area contributed by atoms with Crippen LogP contribution in [0, 0.1) is 11.3 Å². The van der Waals surface area contributed by atoms with E-state index in [0.717, 1.165) is 44.9 Å². The second kappa shape index (κ2) is 19.1. The van der Waals surface area contributed by atoms with E-state index >= 15 is 0 Å². The molecule has 16 heteroatoms. The summed E-state index contributed by atoms with van der Waals surface area (Å²) in [6, 6.07) is 5.60. The normalized spacial score (nSPS) is 24.1. The summed E-state index contributed by atoms with van der Waals surface area (Å²) in [6.07, 6.45) is 11.3. The van der Waals surface area contributed by atoms with Gasteiger partial charge in [0.1, 0.15) is 42.8 Å². The number of rotatable bonds is 24. The molecule has 2 aromatic heterocycles. The summed E-state index contributed by atoms with van der Waals surface area (Å²) in [6.45, 7) is 2.91. The van der Waals surface area contributed by atoms with Crippen LogP contribution >= 0.6 is 7.82 Å². The third-order valence-electron chi connectivity index (χ3n) is 9.52. The molecule has 5 atom stereocenters. The zero-order valence-corrected chi connectivity index (χ0v) is 30.8. The highest BCUT2D eigenvalue weighted by Crippen LogP contribution is 2.52. The van der Waals surface area contributed by atoms with E-state index in [1.165, 1.54) is 51.3 Å². The van der Waals surface area contributed by atoms with Gasteiger partial charge in [-0.3, -0.25) is 9.05 Å². The first-order chi connectivity index (χ1) is 24.3. The Hall–Kier alpha value is -2.31. The molecule has 2 aliphatic heterocycles. The highest BCUT2D eigenvalue weighted by Gasteiger charge is 2.65. The van der Waals surface area contributed by atoms with Gasteiger partial charge in [0.05, 0.1) is 12.3 Å². The quantitative estimate of drug-likeness (QED) is 0.0779. The Morgan fingerprint density at radius 1 is 0.902 bits per heavy atom. The maximum atomic E-state index is 12.8. The first-order valence-electron chi connectivity index (χ1n) is 18.5. The van der Waals surface area contributed by atoms with Crippen LogP contribution in [0.15, 0.2) is 18.5 Å². The smallest absolute Gasteiger partial charge is 0.382 e. The fraction of sp³-hybridized carbons (Fsp3) is 0.800. The van der Waals surface area contributed by atoms with E-state index in [9.17, 15) is 27.9 Å². The molecule has 3 N–H and O–H groups in total. The summed E-state index contributed by atoms with van der Waals surface area (Å²) in [5.41, 5.74) is 5.34. The van der Waals surface area contributed by atoms with Gasteiger partial charge in [-0.05, 0) is 38.8 Å². The van der Waals surface area contributed by atoms with Crippen molar-refractivity contribution < 1.29 is 45.9 Å². The van der Waals surface area contributed by atoms with E-state index in [1.54, 1.807) is 30.5 Å². The molecule has 0 saturated carbocycles. The lowest BCUT2D eigenvalue weighted by Gasteiger charge is -2.29. The Morgan fingerprint density at radius 3 is 2.00 bits per heavy atom. The van der Waals surface area contributed by atoms with E-state index in [0.29, 0.717) is 24.1 Å². The Balaban J connectivity index is 1.05. The van der Waals surface area contributed by atoms with Crippen molar-refractivity contribution >= 4 is 19.2 Å². The number of anilines is 1. The predicted molar refractivity (Wildman–Crippen MR) is 184 cm³/mol. The molecule has 0 radical (unpaired) electrons. The molecule has 12 nitrogen and oxygen atoms in total. The van der Waals surface area contributed by atoms with Crippen LogP contribution in [0.1, 0.15) is 141 Å². The van der Waals surface area contributed by atoms with Gasteiger partial charge in [0.15, 0.2) is 11.6 Å². The molecule has 2 aliphatic rings. The van der Waals surface area contributed by atoms with Gasteiger partial charge >= 0.3 is 14.0 Å². The third kappa shape index (κ3) is 12.7. The molecule has 2 saturated heterocycles. The zero-order chi connectivity index (χ0) is 37.0. The Bertz CT molecular complexity index is 1450. The summed E-state index contributed by atoms with van der Waals surface area (Å²) in [5.74, 6) is -0.772. The molecule has 0 aliphatic carbocycles.